The summed E-state index contributed by atoms with van der Waals surface area (Å²) in [5.74, 6) is 0.891. The number of ether oxygens (including phenoxy) is 3. The lowest BCUT2D eigenvalue weighted by atomic mass is 9.94. The fourth-order valence-corrected chi connectivity index (χ4v) is 4.14. The van der Waals surface area contributed by atoms with Crippen molar-refractivity contribution in [2.24, 2.45) is 0 Å². The largest absolute Gasteiger partial charge is 0.469 e. The van der Waals surface area contributed by atoms with Crippen LogP contribution in [-0.4, -0.2) is 18.8 Å². The zero-order valence-electron chi connectivity index (χ0n) is 18.3. The second-order valence-corrected chi connectivity index (χ2v) is 8.39. The zero-order chi connectivity index (χ0) is 21.6. The third-order valence-electron chi connectivity index (χ3n) is 6.06. The molecular formula is C26H30N2O3. The molecule has 1 aliphatic carbocycles. The maximum atomic E-state index is 9.25. The minimum atomic E-state index is -0.151. The molecule has 1 fully saturated rings. The Bertz CT molecular complexity index is 961. The number of hydrogen-bond acceptors (Lipinski definition) is 5. The molecule has 5 heteroatoms. The number of aryl methyl sites for hydroxylation is 1. The summed E-state index contributed by atoms with van der Waals surface area (Å²) >= 11 is 0. The fraction of sp³-hybridized carbons (Fsp3) is 0.423. The number of nitriles is 1. The van der Waals surface area contributed by atoms with Crippen molar-refractivity contribution in [2.45, 2.75) is 64.6 Å². The number of hydrogen-bond donors (Lipinski definition) is 1. The Kier molecular flexibility index (Phi) is 6.91. The Labute approximate surface area is 184 Å². The second kappa shape index (κ2) is 10.00. The van der Waals surface area contributed by atoms with Gasteiger partial charge >= 0.3 is 0 Å². The van der Waals surface area contributed by atoms with Crippen LogP contribution in [-0.2, 0) is 20.8 Å². The van der Waals surface area contributed by atoms with E-state index in [1.54, 1.807) is 0 Å². The molecule has 0 amide bonds. The number of rotatable bonds is 7. The van der Waals surface area contributed by atoms with Gasteiger partial charge in [0.1, 0.15) is 5.76 Å². The third-order valence-corrected chi connectivity index (χ3v) is 6.06. The van der Waals surface area contributed by atoms with E-state index >= 15 is 0 Å². The van der Waals surface area contributed by atoms with Crippen LogP contribution in [0, 0.1) is 18.3 Å². The van der Waals surface area contributed by atoms with E-state index in [2.05, 4.69) is 42.6 Å². The van der Waals surface area contributed by atoms with E-state index in [1.165, 1.54) is 5.56 Å². The van der Waals surface area contributed by atoms with Crippen molar-refractivity contribution in [2.75, 3.05) is 6.61 Å². The normalized spacial score (nSPS) is 23.2. The summed E-state index contributed by atoms with van der Waals surface area (Å²) in [4.78, 5) is 0. The first kappa shape index (κ1) is 21.4. The fourth-order valence-electron chi connectivity index (χ4n) is 4.14. The monoisotopic (exact) mass is 418 g/mol. The SMILES string of the molecule is CC1=C(COC2CCCC(OCc3ccccc3C#N)C2)NC(c2ccc(C)cc2)O1. The standard InChI is InChI=1S/C26H30N2O3/c1-18-10-12-20(13-11-18)26-28-25(19(2)31-26)17-30-24-9-5-8-23(14-24)29-16-22-7-4-3-6-21(22)15-27/h3-4,6-7,10-13,23-24,26,28H,5,8-9,14,16-17H2,1-2H3. The lowest BCUT2D eigenvalue weighted by Gasteiger charge is -2.29. The molecule has 3 atom stereocenters. The minimum Gasteiger partial charge on any atom is -0.469 e. The van der Waals surface area contributed by atoms with Gasteiger partial charge in [0, 0.05) is 5.56 Å². The van der Waals surface area contributed by atoms with Crippen LogP contribution >= 0.6 is 0 Å². The third kappa shape index (κ3) is 5.46. The van der Waals surface area contributed by atoms with Gasteiger partial charge in [0.15, 0.2) is 6.23 Å². The highest BCUT2D eigenvalue weighted by atomic mass is 16.5. The quantitative estimate of drug-likeness (QED) is 0.664. The van der Waals surface area contributed by atoms with Crippen LogP contribution in [0.3, 0.4) is 0 Å². The van der Waals surface area contributed by atoms with Crippen molar-refractivity contribution >= 4 is 0 Å². The first-order valence-electron chi connectivity index (χ1n) is 11.0. The van der Waals surface area contributed by atoms with E-state index in [1.807, 2.05) is 31.2 Å². The van der Waals surface area contributed by atoms with Gasteiger partial charge in [0.05, 0.1) is 42.8 Å². The summed E-state index contributed by atoms with van der Waals surface area (Å²) in [7, 11) is 0. The molecule has 162 valence electrons. The van der Waals surface area contributed by atoms with Gasteiger partial charge in [-0.2, -0.15) is 5.26 Å². The molecule has 3 unspecified atom stereocenters. The highest BCUT2D eigenvalue weighted by molar-refractivity contribution is 5.36. The molecule has 1 aliphatic heterocycles. The summed E-state index contributed by atoms with van der Waals surface area (Å²) in [5, 5.41) is 12.7. The van der Waals surface area contributed by atoms with E-state index < -0.39 is 0 Å². The molecule has 31 heavy (non-hydrogen) atoms. The predicted molar refractivity (Wildman–Crippen MR) is 119 cm³/mol. The second-order valence-electron chi connectivity index (χ2n) is 8.39. The Morgan fingerprint density at radius 1 is 1.00 bits per heavy atom. The molecule has 0 radical (unpaired) electrons. The maximum absolute atomic E-state index is 9.25. The van der Waals surface area contributed by atoms with Gasteiger partial charge in [-0.05, 0) is 51.2 Å². The minimum absolute atomic E-state index is 0.151. The lowest BCUT2D eigenvalue weighted by molar-refractivity contribution is -0.0459. The van der Waals surface area contributed by atoms with E-state index in [4.69, 9.17) is 14.2 Å². The Morgan fingerprint density at radius 3 is 2.45 bits per heavy atom. The van der Waals surface area contributed by atoms with E-state index in [9.17, 15) is 5.26 Å². The van der Waals surface area contributed by atoms with E-state index in [0.29, 0.717) is 18.8 Å². The van der Waals surface area contributed by atoms with Crippen molar-refractivity contribution in [3.8, 4) is 6.07 Å². The molecule has 0 aromatic heterocycles. The molecule has 5 nitrogen and oxygen atoms in total. The number of nitrogens with one attached hydrogen (secondary N) is 1. The van der Waals surface area contributed by atoms with Crippen LogP contribution in [0.5, 0.6) is 0 Å². The number of benzene rings is 2. The molecule has 0 saturated heterocycles. The average Bonchev–Trinajstić information content (AvgIpc) is 3.17. The molecule has 1 saturated carbocycles. The van der Waals surface area contributed by atoms with Crippen molar-refractivity contribution in [1.29, 1.82) is 5.26 Å². The Hall–Kier alpha value is -2.81. The van der Waals surface area contributed by atoms with Crippen LogP contribution in [0.4, 0.5) is 0 Å². The van der Waals surface area contributed by atoms with Gasteiger partial charge in [0.25, 0.3) is 0 Å². The van der Waals surface area contributed by atoms with Crippen LogP contribution in [0.15, 0.2) is 60.0 Å². The van der Waals surface area contributed by atoms with Crippen molar-refractivity contribution in [3.63, 3.8) is 0 Å². The lowest BCUT2D eigenvalue weighted by Crippen LogP contribution is -2.30. The first-order chi connectivity index (χ1) is 15.1. The van der Waals surface area contributed by atoms with Crippen molar-refractivity contribution < 1.29 is 14.2 Å². The number of allylic oxidation sites excluding steroid dienone is 1. The van der Waals surface area contributed by atoms with Crippen molar-refractivity contribution in [1.82, 2.24) is 5.32 Å². The van der Waals surface area contributed by atoms with Crippen LogP contribution < -0.4 is 5.32 Å². The van der Waals surface area contributed by atoms with Crippen LogP contribution in [0.2, 0.25) is 0 Å². The Balaban J connectivity index is 1.25. The zero-order valence-corrected chi connectivity index (χ0v) is 18.3. The van der Waals surface area contributed by atoms with E-state index in [-0.39, 0.29) is 18.4 Å². The van der Waals surface area contributed by atoms with Gasteiger partial charge in [-0.25, -0.2) is 0 Å². The first-order valence-corrected chi connectivity index (χ1v) is 11.0. The molecule has 2 aromatic carbocycles. The molecule has 1 N–H and O–H groups in total. The highest BCUT2D eigenvalue weighted by Crippen LogP contribution is 2.29. The number of nitrogens with zero attached hydrogens (tertiary/aromatic N) is 1. The molecule has 0 spiro atoms. The predicted octanol–water partition coefficient (Wildman–Crippen LogP) is 5.26. The molecule has 1 heterocycles. The molecule has 4 rings (SSSR count). The van der Waals surface area contributed by atoms with Crippen LogP contribution in [0.25, 0.3) is 0 Å². The summed E-state index contributed by atoms with van der Waals surface area (Å²) in [6.07, 6.45) is 4.23. The summed E-state index contributed by atoms with van der Waals surface area (Å²) in [6, 6.07) is 18.2. The summed E-state index contributed by atoms with van der Waals surface area (Å²) in [6.45, 7) is 5.06. The summed E-state index contributed by atoms with van der Waals surface area (Å²) < 4.78 is 18.4. The van der Waals surface area contributed by atoms with Crippen LogP contribution in [0.1, 0.15) is 61.1 Å². The topological polar surface area (TPSA) is 63.5 Å². The van der Waals surface area contributed by atoms with Gasteiger partial charge in [-0.1, -0.05) is 48.0 Å². The molecular weight excluding hydrogens is 388 g/mol. The van der Waals surface area contributed by atoms with Crippen molar-refractivity contribution in [3.05, 3.63) is 82.2 Å². The van der Waals surface area contributed by atoms with E-state index in [0.717, 1.165) is 48.3 Å². The highest BCUT2D eigenvalue weighted by Gasteiger charge is 2.27. The molecule has 2 aliphatic rings. The summed E-state index contributed by atoms with van der Waals surface area (Å²) in [5.41, 5.74) is 4.99. The molecule has 2 aromatic rings. The van der Waals surface area contributed by atoms with Gasteiger partial charge in [-0.3, -0.25) is 0 Å². The molecule has 0 bridgehead atoms. The average molecular weight is 419 g/mol. The maximum Gasteiger partial charge on any atom is 0.195 e. The Morgan fingerprint density at radius 2 is 1.71 bits per heavy atom. The van der Waals surface area contributed by atoms with Gasteiger partial charge in [0.2, 0.25) is 0 Å². The van der Waals surface area contributed by atoms with Gasteiger partial charge < -0.3 is 19.5 Å². The van der Waals surface area contributed by atoms with Gasteiger partial charge in [-0.15, -0.1) is 0 Å². The smallest absolute Gasteiger partial charge is 0.195 e.